The van der Waals surface area contributed by atoms with Crippen molar-refractivity contribution >= 4 is 30.6 Å². The number of hydrogen-bond acceptors (Lipinski definition) is 3. The van der Waals surface area contributed by atoms with Gasteiger partial charge in [-0.25, -0.2) is 8.42 Å². The van der Waals surface area contributed by atoms with E-state index in [1.54, 1.807) is 6.07 Å². The lowest BCUT2D eigenvalue weighted by atomic mass is 10.0. The van der Waals surface area contributed by atoms with E-state index in [2.05, 4.69) is 4.98 Å². The van der Waals surface area contributed by atoms with Crippen LogP contribution in [-0.4, -0.2) is 13.4 Å². The zero-order chi connectivity index (χ0) is 13.5. The third-order valence-electron chi connectivity index (χ3n) is 2.75. The molecule has 1 N–H and O–H groups in total. The average molecular weight is 286 g/mol. The van der Waals surface area contributed by atoms with Crippen LogP contribution >= 0.6 is 10.7 Å². The minimum absolute atomic E-state index is 0.0263. The molecular weight excluding hydrogens is 274 g/mol. The smallest absolute Gasteiger partial charge is 0.261 e. The molecule has 1 aromatic heterocycles. The van der Waals surface area contributed by atoms with Gasteiger partial charge >= 0.3 is 0 Å². The van der Waals surface area contributed by atoms with Gasteiger partial charge in [-0.1, -0.05) is 13.8 Å². The second-order valence-electron chi connectivity index (χ2n) is 4.40. The zero-order valence-electron chi connectivity index (χ0n) is 9.90. The molecule has 0 amide bonds. The Balaban J connectivity index is 2.77. The number of hydrogen-bond donors (Lipinski definition) is 1. The van der Waals surface area contributed by atoms with Crippen molar-refractivity contribution in [2.24, 2.45) is 0 Å². The summed E-state index contributed by atoms with van der Waals surface area (Å²) in [6, 6.07) is 6.07. The average Bonchev–Trinajstić information content (AvgIpc) is 2.25. The van der Waals surface area contributed by atoms with E-state index in [-0.39, 0.29) is 16.4 Å². The standard InChI is InChI=1S/C12H12ClNO3S/c1-7(2)10-6-8-5-9(18(13,16)17)3-4-11(8)14-12(10)15/h3-7H,1-2H3,(H,14,15). The molecular formula is C12H12ClNO3S. The first-order valence-corrected chi connectivity index (χ1v) is 7.71. The zero-order valence-corrected chi connectivity index (χ0v) is 11.5. The van der Waals surface area contributed by atoms with Crippen LogP contribution in [0.15, 0.2) is 34.0 Å². The Hall–Kier alpha value is -1.33. The van der Waals surface area contributed by atoms with Gasteiger partial charge in [0.2, 0.25) is 0 Å². The van der Waals surface area contributed by atoms with E-state index in [4.69, 9.17) is 10.7 Å². The highest BCUT2D eigenvalue weighted by Crippen LogP contribution is 2.22. The monoisotopic (exact) mass is 285 g/mol. The van der Waals surface area contributed by atoms with E-state index in [1.807, 2.05) is 13.8 Å². The second-order valence-corrected chi connectivity index (χ2v) is 6.96. The molecule has 0 bridgehead atoms. The molecule has 0 spiro atoms. The van der Waals surface area contributed by atoms with Crippen LogP contribution in [0.5, 0.6) is 0 Å². The summed E-state index contributed by atoms with van der Waals surface area (Å²) in [5.41, 5.74) is 1.05. The molecule has 0 atom stereocenters. The van der Waals surface area contributed by atoms with Crippen molar-refractivity contribution in [3.05, 3.63) is 40.2 Å². The number of rotatable bonds is 2. The van der Waals surface area contributed by atoms with Crippen LogP contribution in [0, 0.1) is 0 Å². The molecule has 0 aliphatic heterocycles. The number of aromatic nitrogens is 1. The molecule has 6 heteroatoms. The summed E-state index contributed by atoms with van der Waals surface area (Å²) in [4.78, 5) is 14.5. The first-order valence-electron chi connectivity index (χ1n) is 5.40. The third kappa shape index (κ3) is 2.42. The Morgan fingerprint density at radius 3 is 2.44 bits per heavy atom. The van der Waals surface area contributed by atoms with Crippen LogP contribution in [0.3, 0.4) is 0 Å². The third-order valence-corrected chi connectivity index (χ3v) is 4.10. The quantitative estimate of drug-likeness (QED) is 0.863. The lowest BCUT2D eigenvalue weighted by Gasteiger charge is -2.06. The summed E-state index contributed by atoms with van der Waals surface area (Å²) in [7, 11) is 1.54. The maximum Gasteiger partial charge on any atom is 0.261 e. The maximum atomic E-state index is 11.8. The van der Waals surface area contributed by atoms with Gasteiger partial charge in [-0.15, -0.1) is 0 Å². The predicted octanol–water partition coefficient (Wildman–Crippen LogP) is 2.58. The van der Waals surface area contributed by atoms with Gasteiger partial charge in [-0.05, 0) is 35.6 Å². The molecule has 0 fully saturated rings. The van der Waals surface area contributed by atoms with Crippen molar-refractivity contribution < 1.29 is 8.42 Å². The second kappa shape index (κ2) is 4.40. The van der Waals surface area contributed by atoms with E-state index in [0.29, 0.717) is 16.5 Å². The molecule has 0 radical (unpaired) electrons. The van der Waals surface area contributed by atoms with Gasteiger partial charge < -0.3 is 4.98 Å². The highest BCUT2D eigenvalue weighted by Gasteiger charge is 2.12. The number of fused-ring (bicyclic) bond motifs is 1. The van der Waals surface area contributed by atoms with E-state index in [9.17, 15) is 13.2 Å². The van der Waals surface area contributed by atoms with Crippen molar-refractivity contribution in [2.75, 3.05) is 0 Å². The van der Waals surface area contributed by atoms with Gasteiger partial charge in [0.05, 0.1) is 4.90 Å². The molecule has 0 unspecified atom stereocenters. The molecule has 1 heterocycles. The molecule has 96 valence electrons. The minimum atomic E-state index is -3.76. The fourth-order valence-electron chi connectivity index (χ4n) is 1.78. The summed E-state index contributed by atoms with van der Waals surface area (Å²) in [5, 5.41) is 0.653. The van der Waals surface area contributed by atoms with Gasteiger partial charge in [0.1, 0.15) is 0 Å². The van der Waals surface area contributed by atoms with E-state index in [0.717, 1.165) is 0 Å². The van der Waals surface area contributed by atoms with Crippen LogP contribution in [0.25, 0.3) is 10.9 Å². The molecule has 0 aliphatic carbocycles. The fraction of sp³-hybridized carbons (Fsp3) is 0.250. The Morgan fingerprint density at radius 2 is 1.89 bits per heavy atom. The summed E-state index contributed by atoms with van der Waals surface area (Å²) in [6.45, 7) is 3.80. The van der Waals surface area contributed by atoms with Crippen LogP contribution in [0.4, 0.5) is 0 Å². The molecule has 0 aliphatic rings. The van der Waals surface area contributed by atoms with Crippen LogP contribution in [-0.2, 0) is 9.05 Å². The highest BCUT2D eigenvalue weighted by atomic mass is 35.7. The topological polar surface area (TPSA) is 67.0 Å². The summed E-state index contributed by atoms with van der Waals surface area (Å²) in [6.07, 6.45) is 0. The number of pyridine rings is 1. The van der Waals surface area contributed by atoms with Crippen LogP contribution in [0.2, 0.25) is 0 Å². The predicted molar refractivity (Wildman–Crippen MR) is 71.7 cm³/mol. The Kier molecular flexibility index (Phi) is 3.21. The van der Waals surface area contributed by atoms with Gasteiger partial charge in [-0.2, -0.15) is 0 Å². The van der Waals surface area contributed by atoms with Gasteiger partial charge in [0, 0.05) is 21.8 Å². The normalized spacial score (nSPS) is 12.2. The van der Waals surface area contributed by atoms with Crippen molar-refractivity contribution in [2.45, 2.75) is 24.7 Å². The highest BCUT2D eigenvalue weighted by molar-refractivity contribution is 8.13. The van der Waals surface area contributed by atoms with Crippen LogP contribution < -0.4 is 5.56 Å². The maximum absolute atomic E-state index is 11.8. The summed E-state index contributed by atoms with van der Waals surface area (Å²) < 4.78 is 22.5. The van der Waals surface area contributed by atoms with E-state index >= 15 is 0 Å². The Labute approximate surface area is 109 Å². The summed E-state index contributed by atoms with van der Waals surface area (Å²) in [5.74, 6) is 0.0643. The fourth-order valence-corrected chi connectivity index (χ4v) is 2.57. The number of halogens is 1. The number of H-pyrrole nitrogens is 1. The van der Waals surface area contributed by atoms with E-state index in [1.165, 1.54) is 18.2 Å². The van der Waals surface area contributed by atoms with Gasteiger partial charge in [0.15, 0.2) is 0 Å². The Morgan fingerprint density at radius 1 is 1.22 bits per heavy atom. The molecule has 4 nitrogen and oxygen atoms in total. The minimum Gasteiger partial charge on any atom is -0.322 e. The molecule has 2 aromatic rings. The number of nitrogens with one attached hydrogen (secondary N) is 1. The molecule has 18 heavy (non-hydrogen) atoms. The van der Waals surface area contributed by atoms with Crippen molar-refractivity contribution in [1.82, 2.24) is 4.98 Å². The molecule has 2 rings (SSSR count). The lowest BCUT2D eigenvalue weighted by Crippen LogP contribution is -2.13. The van der Waals surface area contributed by atoms with Crippen molar-refractivity contribution in [3.8, 4) is 0 Å². The SMILES string of the molecule is CC(C)c1cc2cc(S(=O)(=O)Cl)ccc2[nH]c1=O. The first-order chi connectivity index (χ1) is 8.29. The van der Waals surface area contributed by atoms with Crippen molar-refractivity contribution in [1.29, 1.82) is 0 Å². The van der Waals surface area contributed by atoms with Gasteiger partial charge in [0.25, 0.3) is 14.6 Å². The lowest BCUT2D eigenvalue weighted by molar-refractivity contribution is 0.609. The Bertz CT molecular complexity index is 762. The number of benzene rings is 1. The molecule has 0 saturated carbocycles. The molecule has 1 aromatic carbocycles. The summed E-state index contributed by atoms with van der Waals surface area (Å²) >= 11 is 0. The van der Waals surface area contributed by atoms with E-state index < -0.39 is 9.05 Å². The van der Waals surface area contributed by atoms with Crippen LogP contribution in [0.1, 0.15) is 25.3 Å². The van der Waals surface area contributed by atoms with Crippen molar-refractivity contribution in [3.63, 3.8) is 0 Å². The first kappa shape index (κ1) is 13.1. The van der Waals surface area contributed by atoms with Gasteiger partial charge in [-0.3, -0.25) is 4.79 Å². The largest absolute Gasteiger partial charge is 0.322 e. The number of aromatic amines is 1. The molecule has 0 saturated heterocycles.